The Hall–Kier alpha value is -0.910. The maximum absolute atomic E-state index is 13.7. The predicted molar refractivity (Wildman–Crippen MR) is 90.0 cm³/mol. The molecule has 0 spiro atoms. The van der Waals surface area contributed by atoms with Crippen LogP contribution in [0.15, 0.2) is 45.3 Å². The van der Waals surface area contributed by atoms with Crippen LogP contribution in [0.4, 0.5) is 4.39 Å². The van der Waals surface area contributed by atoms with Gasteiger partial charge < -0.3 is 10.1 Å². The van der Waals surface area contributed by atoms with Gasteiger partial charge in [0.25, 0.3) is 0 Å². The van der Waals surface area contributed by atoms with Crippen LogP contribution < -0.4 is 10.1 Å². The Morgan fingerprint density at radius 3 is 2.38 bits per heavy atom. The highest BCUT2D eigenvalue weighted by Gasteiger charge is 2.11. The number of rotatable bonds is 5. The fraction of sp³-hybridized carbons (Fsp3) is 0.250. The van der Waals surface area contributed by atoms with Crippen LogP contribution in [0.2, 0.25) is 0 Å². The zero-order valence-electron chi connectivity index (χ0n) is 11.8. The first-order valence-corrected chi connectivity index (χ1v) is 8.11. The third-order valence-electron chi connectivity index (χ3n) is 3.25. The molecular weight excluding hydrogens is 401 g/mol. The van der Waals surface area contributed by atoms with Crippen LogP contribution in [-0.4, -0.2) is 7.11 Å². The van der Waals surface area contributed by atoms with Crippen molar-refractivity contribution >= 4 is 31.9 Å². The molecule has 5 heteroatoms. The Labute approximate surface area is 141 Å². The van der Waals surface area contributed by atoms with Gasteiger partial charge in [-0.2, -0.15) is 0 Å². The van der Waals surface area contributed by atoms with E-state index < -0.39 is 0 Å². The van der Waals surface area contributed by atoms with E-state index in [0.29, 0.717) is 12.1 Å². The second kappa shape index (κ2) is 7.38. The lowest BCUT2D eigenvalue weighted by Gasteiger charge is -2.16. The summed E-state index contributed by atoms with van der Waals surface area (Å²) < 4.78 is 20.8. The molecule has 112 valence electrons. The van der Waals surface area contributed by atoms with Crippen molar-refractivity contribution in [1.82, 2.24) is 5.32 Å². The highest BCUT2D eigenvalue weighted by molar-refractivity contribution is 9.11. The molecule has 2 aromatic carbocycles. The van der Waals surface area contributed by atoms with Crippen LogP contribution in [0.1, 0.15) is 24.1 Å². The first kappa shape index (κ1) is 16.5. The molecule has 0 aromatic heterocycles. The van der Waals surface area contributed by atoms with Crippen molar-refractivity contribution in [2.45, 2.75) is 19.5 Å². The van der Waals surface area contributed by atoms with Gasteiger partial charge >= 0.3 is 0 Å². The minimum Gasteiger partial charge on any atom is -0.494 e. The van der Waals surface area contributed by atoms with Gasteiger partial charge in [0.15, 0.2) is 0 Å². The van der Waals surface area contributed by atoms with E-state index in [1.807, 2.05) is 25.1 Å². The summed E-state index contributed by atoms with van der Waals surface area (Å²) in [4.78, 5) is 0. The van der Waals surface area contributed by atoms with Gasteiger partial charge in [-0.1, -0.05) is 18.2 Å². The van der Waals surface area contributed by atoms with Gasteiger partial charge in [0.1, 0.15) is 11.6 Å². The first-order valence-electron chi connectivity index (χ1n) is 6.52. The molecule has 0 heterocycles. The first-order chi connectivity index (χ1) is 10.0. The molecule has 0 fully saturated rings. The van der Waals surface area contributed by atoms with E-state index in [1.165, 1.54) is 6.07 Å². The van der Waals surface area contributed by atoms with Gasteiger partial charge in [0.2, 0.25) is 0 Å². The minimum absolute atomic E-state index is 0.0640. The minimum atomic E-state index is -0.186. The average Bonchev–Trinajstić information content (AvgIpc) is 2.45. The lowest BCUT2D eigenvalue weighted by Crippen LogP contribution is -2.19. The Bertz CT molecular complexity index is 610. The molecule has 0 radical (unpaired) electrons. The summed E-state index contributed by atoms with van der Waals surface area (Å²) in [6.07, 6.45) is 0. The maximum Gasteiger partial charge on any atom is 0.147 e. The quantitative estimate of drug-likeness (QED) is 0.722. The van der Waals surface area contributed by atoms with E-state index in [-0.39, 0.29) is 11.9 Å². The van der Waals surface area contributed by atoms with Crippen molar-refractivity contribution in [2.24, 2.45) is 0 Å². The lowest BCUT2D eigenvalue weighted by atomic mass is 10.1. The molecule has 0 saturated heterocycles. The van der Waals surface area contributed by atoms with Gasteiger partial charge in [-0.25, -0.2) is 4.39 Å². The second-order valence-electron chi connectivity index (χ2n) is 4.72. The maximum atomic E-state index is 13.7. The monoisotopic (exact) mass is 415 g/mol. The smallest absolute Gasteiger partial charge is 0.147 e. The molecule has 0 aliphatic rings. The molecule has 2 aromatic rings. The van der Waals surface area contributed by atoms with E-state index in [2.05, 4.69) is 37.2 Å². The zero-order chi connectivity index (χ0) is 15.4. The van der Waals surface area contributed by atoms with E-state index >= 15 is 0 Å². The lowest BCUT2D eigenvalue weighted by molar-refractivity contribution is 0.409. The Balaban J connectivity index is 2.08. The van der Waals surface area contributed by atoms with Crippen molar-refractivity contribution in [2.75, 3.05) is 7.11 Å². The fourth-order valence-electron chi connectivity index (χ4n) is 2.12. The van der Waals surface area contributed by atoms with Crippen LogP contribution in [0.25, 0.3) is 0 Å². The summed E-state index contributed by atoms with van der Waals surface area (Å²) in [5, 5.41) is 3.33. The predicted octanol–water partition coefficient (Wildman–Crippen LogP) is 5.21. The van der Waals surface area contributed by atoms with Gasteiger partial charge in [-0.15, -0.1) is 0 Å². The average molecular weight is 417 g/mol. The van der Waals surface area contributed by atoms with E-state index in [0.717, 1.165) is 20.3 Å². The Morgan fingerprint density at radius 1 is 1.19 bits per heavy atom. The summed E-state index contributed by atoms with van der Waals surface area (Å²) in [5.41, 5.74) is 1.75. The molecule has 2 rings (SSSR count). The summed E-state index contributed by atoms with van der Waals surface area (Å²) >= 11 is 6.96. The van der Waals surface area contributed by atoms with E-state index in [1.54, 1.807) is 19.2 Å². The molecule has 0 amide bonds. The number of ether oxygens (including phenoxy) is 1. The van der Waals surface area contributed by atoms with Crippen molar-refractivity contribution in [3.8, 4) is 5.75 Å². The number of methoxy groups -OCH3 is 1. The highest BCUT2D eigenvalue weighted by Crippen LogP contribution is 2.34. The molecule has 21 heavy (non-hydrogen) atoms. The van der Waals surface area contributed by atoms with Crippen molar-refractivity contribution in [1.29, 1.82) is 0 Å². The molecule has 0 unspecified atom stereocenters. The van der Waals surface area contributed by atoms with Crippen molar-refractivity contribution in [3.63, 3.8) is 0 Å². The van der Waals surface area contributed by atoms with Gasteiger partial charge in [-0.05, 0) is 62.5 Å². The molecule has 2 nitrogen and oxygen atoms in total. The highest BCUT2D eigenvalue weighted by atomic mass is 79.9. The molecule has 0 bridgehead atoms. The summed E-state index contributed by atoms with van der Waals surface area (Å²) in [6, 6.07) is 10.7. The van der Waals surface area contributed by atoms with Crippen LogP contribution in [0.3, 0.4) is 0 Å². The topological polar surface area (TPSA) is 21.3 Å². The van der Waals surface area contributed by atoms with Crippen LogP contribution in [0, 0.1) is 5.82 Å². The molecule has 1 atom stereocenters. The Kier molecular flexibility index (Phi) is 5.79. The third kappa shape index (κ3) is 4.05. The van der Waals surface area contributed by atoms with Crippen molar-refractivity contribution in [3.05, 3.63) is 62.3 Å². The molecular formula is C16H16Br2FNO. The largest absolute Gasteiger partial charge is 0.494 e. The Morgan fingerprint density at radius 2 is 1.81 bits per heavy atom. The third-order valence-corrected chi connectivity index (χ3v) is 4.42. The number of hydrogen-bond donors (Lipinski definition) is 1. The standard InChI is InChI=1S/C16H16Br2FNO/c1-10(12-5-3-4-6-15(12)19)20-9-11-7-13(17)16(21-2)14(18)8-11/h3-8,10,20H,9H2,1-2H3/t10-/m1/s1. The van der Waals surface area contributed by atoms with Gasteiger partial charge in [-0.3, -0.25) is 0 Å². The number of hydrogen-bond acceptors (Lipinski definition) is 2. The summed E-state index contributed by atoms with van der Waals surface area (Å²) in [5.74, 6) is 0.579. The molecule has 0 aliphatic carbocycles. The molecule has 0 saturated carbocycles. The normalized spacial score (nSPS) is 12.2. The number of nitrogens with one attached hydrogen (secondary N) is 1. The number of benzene rings is 2. The van der Waals surface area contributed by atoms with E-state index in [4.69, 9.17) is 4.74 Å². The fourth-order valence-corrected chi connectivity index (χ4v) is 3.72. The van der Waals surface area contributed by atoms with Crippen LogP contribution in [0.5, 0.6) is 5.75 Å². The molecule has 0 aliphatic heterocycles. The van der Waals surface area contributed by atoms with Gasteiger partial charge in [0, 0.05) is 18.2 Å². The van der Waals surface area contributed by atoms with Gasteiger partial charge in [0.05, 0.1) is 16.1 Å². The van der Waals surface area contributed by atoms with E-state index in [9.17, 15) is 4.39 Å². The zero-order valence-corrected chi connectivity index (χ0v) is 15.0. The van der Waals surface area contributed by atoms with Crippen LogP contribution in [-0.2, 0) is 6.54 Å². The second-order valence-corrected chi connectivity index (χ2v) is 6.43. The molecule has 1 N–H and O–H groups in total. The number of halogens is 3. The SMILES string of the molecule is COc1c(Br)cc(CN[C@H](C)c2ccccc2F)cc1Br. The van der Waals surface area contributed by atoms with Crippen LogP contribution >= 0.6 is 31.9 Å². The van der Waals surface area contributed by atoms with Crippen molar-refractivity contribution < 1.29 is 9.13 Å². The summed E-state index contributed by atoms with van der Waals surface area (Å²) in [7, 11) is 1.63. The summed E-state index contributed by atoms with van der Waals surface area (Å²) in [6.45, 7) is 2.59.